The minimum absolute atomic E-state index is 0.273. The first kappa shape index (κ1) is 14.8. The van der Waals surface area contributed by atoms with Crippen LogP contribution in [-0.4, -0.2) is 30.3 Å². The fourth-order valence-electron chi connectivity index (χ4n) is 1.34. The van der Waals surface area contributed by atoms with Crippen molar-refractivity contribution in [1.82, 2.24) is 4.90 Å². The van der Waals surface area contributed by atoms with E-state index >= 15 is 0 Å². The standard InChI is InChI=1S/C12H24ClNO/c1-4-11(2)10-12(15)14(3)9-7-5-6-8-13/h11H,4-10H2,1-3H3. The van der Waals surface area contributed by atoms with Gasteiger partial charge < -0.3 is 4.90 Å². The second kappa shape index (κ2) is 9.02. The Kier molecular flexibility index (Phi) is 8.88. The molecule has 2 nitrogen and oxygen atoms in total. The lowest BCUT2D eigenvalue weighted by Crippen LogP contribution is -2.28. The molecule has 0 rings (SSSR count). The third kappa shape index (κ3) is 7.66. The van der Waals surface area contributed by atoms with Crippen molar-refractivity contribution >= 4 is 17.5 Å². The zero-order chi connectivity index (χ0) is 11.7. The molecule has 0 aliphatic carbocycles. The van der Waals surface area contributed by atoms with Crippen molar-refractivity contribution in [3.63, 3.8) is 0 Å². The summed E-state index contributed by atoms with van der Waals surface area (Å²) in [6.07, 6.45) is 4.99. The van der Waals surface area contributed by atoms with Gasteiger partial charge in [-0.05, 0) is 18.8 Å². The molecule has 0 saturated carbocycles. The van der Waals surface area contributed by atoms with Crippen molar-refractivity contribution in [3.8, 4) is 0 Å². The Morgan fingerprint density at radius 3 is 2.53 bits per heavy atom. The van der Waals surface area contributed by atoms with Gasteiger partial charge in [-0.15, -0.1) is 11.6 Å². The van der Waals surface area contributed by atoms with Gasteiger partial charge in [-0.25, -0.2) is 0 Å². The van der Waals surface area contributed by atoms with Crippen LogP contribution in [0.15, 0.2) is 0 Å². The number of carbonyl (C=O) groups excluding carboxylic acids is 1. The van der Waals surface area contributed by atoms with E-state index in [1.54, 1.807) is 0 Å². The van der Waals surface area contributed by atoms with Crippen LogP contribution in [0, 0.1) is 5.92 Å². The highest BCUT2D eigenvalue weighted by Crippen LogP contribution is 2.09. The van der Waals surface area contributed by atoms with Gasteiger partial charge in [-0.2, -0.15) is 0 Å². The number of carbonyl (C=O) groups is 1. The van der Waals surface area contributed by atoms with Crippen molar-refractivity contribution in [2.24, 2.45) is 5.92 Å². The lowest BCUT2D eigenvalue weighted by atomic mass is 10.0. The van der Waals surface area contributed by atoms with Crippen LogP contribution in [0.3, 0.4) is 0 Å². The third-order valence-electron chi connectivity index (χ3n) is 2.77. The zero-order valence-corrected chi connectivity index (χ0v) is 11.0. The summed E-state index contributed by atoms with van der Waals surface area (Å²) in [7, 11) is 1.89. The molecule has 15 heavy (non-hydrogen) atoms. The SMILES string of the molecule is CCC(C)CC(=O)N(C)CCCCCCl. The maximum Gasteiger partial charge on any atom is 0.222 e. The summed E-state index contributed by atoms with van der Waals surface area (Å²) in [6.45, 7) is 5.11. The lowest BCUT2D eigenvalue weighted by Gasteiger charge is -2.18. The summed E-state index contributed by atoms with van der Waals surface area (Å²) in [5, 5.41) is 0. The lowest BCUT2D eigenvalue weighted by molar-refractivity contribution is -0.130. The molecule has 0 aromatic carbocycles. The smallest absolute Gasteiger partial charge is 0.222 e. The highest BCUT2D eigenvalue weighted by molar-refractivity contribution is 6.17. The highest BCUT2D eigenvalue weighted by Gasteiger charge is 2.11. The van der Waals surface area contributed by atoms with Crippen LogP contribution >= 0.6 is 11.6 Å². The molecule has 0 bridgehead atoms. The number of unbranched alkanes of at least 4 members (excludes halogenated alkanes) is 2. The van der Waals surface area contributed by atoms with E-state index in [1.807, 2.05) is 11.9 Å². The molecule has 1 amide bonds. The molecule has 3 heteroatoms. The number of alkyl halides is 1. The summed E-state index contributed by atoms with van der Waals surface area (Å²) >= 11 is 5.59. The topological polar surface area (TPSA) is 20.3 Å². The van der Waals surface area contributed by atoms with Crippen molar-refractivity contribution in [2.75, 3.05) is 19.5 Å². The molecular weight excluding hydrogens is 210 g/mol. The van der Waals surface area contributed by atoms with E-state index < -0.39 is 0 Å². The molecule has 0 aliphatic rings. The molecular formula is C12H24ClNO. The average Bonchev–Trinajstić information content (AvgIpc) is 2.23. The monoisotopic (exact) mass is 233 g/mol. The van der Waals surface area contributed by atoms with Crippen LogP contribution in [0.1, 0.15) is 46.0 Å². The maximum absolute atomic E-state index is 11.7. The molecule has 0 saturated heterocycles. The van der Waals surface area contributed by atoms with Crippen LogP contribution in [0.25, 0.3) is 0 Å². The Bertz CT molecular complexity index is 173. The van der Waals surface area contributed by atoms with E-state index in [0.717, 1.165) is 38.1 Å². The summed E-state index contributed by atoms with van der Waals surface area (Å²) in [5.74, 6) is 1.50. The van der Waals surface area contributed by atoms with Gasteiger partial charge in [0.05, 0.1) is 0 Å². The van der Waals surface area contributed by atoms with Gasteiger partial charge in [-0.3, -0.25) is 4.79 Å². The van der Waals surface area contributed by atoms with Crippen LogP contribution in [-0.2, 0) is 4.79 Å². The Labute approximate surface area is 99.0 Å². The van der Waals surface area contributed by atoms with Crippen LogP contribution in [0.4, 0.5) is 0 Å². The summed E-state index contributed by atoms with van der Waals surface area (Å²) in [6, 6.07) is 0. The van der Waals surface area contributed by atoms with E-state index in [1.165, 1.54) is 0 Å². The van der Waals surface area contributed by atoms with E-state index in [9.17, 15) is 4.79 Å². The minimum Gasteiger partial charge on any atom is -0.346 e. The van der Waals surface area contributed by atoms with Crippen LogP contribution in [0.5, 0.6) is 0 Å². The number of nitrogens with zero attached hydrogens (tertiary/aromatic N) is 1. The molecule has 1 atom stereocenters. The number of amides is 1. The van der Waals surface area contributed by atoms with E-state index in [4.69, 9.17) is 11.6 Å². The molecule has 0 aliphatic heterocycles. The molecule has 0 aromatic rings. The zero-order valence-electron chi connectivity index (χ0n) is 10.3. The van der Waals surface area contributed by atoms with Gasteiger partial charge in [0.25, 0.3) is 0 Å². The molecule has 0 N–H and O–H groups in total. The van der Waals surface area contributed by atoms with E-state index in [0.29, 0.717) is 12.3 Å². The number of rotatable bonds is 8. The molecule has 0 fully saturated rings. The van der Waals surface area contributed by atoms with Crippen molar-refractivity contribution < 1.29 is 4.79 Å². The number of hydrogen-bond donors (Lipinski definition) is 0. The Balaban J connectivity index is 3.60. The normalized spacial score (nSPS) is 12.5. The van der Waals surface area contributed by atoms with Gasteiger partial charge >= 0.3 is 0 Å². The van der Waals surface area contributed by atoms with Crippen molar-refractivity contribution in [2.45, 2.75) is 46.0 Å². The van der Waals surface area contributed by atoms with Gasteiger partial charge in [0.15, 0.2) is 0 Å². The Morgan fingerprint density at radius 1 is 1.33 bits per heavy atom. The quantitative estimate of drug-likeness (QED) is 0.465. The molecule has 0 spiro atoms. The summed E-state index contributed by atoms with van der Waals surface area (Å²) in [4.78, 5) is 13.5. The summed E-state index contributed by atoms with van der Waals surface area (Å²) in [5.41, 5.74) is 0. The second-order valence-corrected chi connectivity index (χ2v) is 4.66. The fraction of sp³-hybridized carbons (Fsp3) is 0.917. The summed E-state index contributed by atoms with van der Waals surface area (Å²) < 4.78 is 0. The van der Waals surface area contributed by atoms with Gasteiger partial charge in [0.2, 0.25) is 5.91 Å². The van der Waals surface area contributed by atoms with Crippen molar-refractivity contribution in [1.29, 1.82) is 0 Å². The number of hydrogen-bond acceptors (Lipinski definition) is 1. The molecule has 0 aromatic heterocycles. The average molecular weight is 234 g/mol. The van der Waals surface area contributed by atoms with Gasteiger partial charge in [0.1, 0.15) is 0 Å². The fourth-order valence-corrected chi connectivity index (χ4v) is 1.53. The third-order valence-corrected chi connectivity index (χ3v) is 3.04. The predicted molar refractivity (Wildman–Crippen MR) is 66.3 cm³/mol. The van der Waals surface area contributed by atoms with E-state index in [2.05, 4.69) is 13.8 Å². The van der Waals surface area contributed by atoms with Crippen LogP contribution in [0.2, 0.25) is 0 Å². The maximum atomic E-state index is 11.7. The van der Waals surface area contributed by atoms with Gasteiger partial charge in [0, 0.05) is 25.9 Å². The molecule has 0 heterocycles. The van der Waals surface area contributed by atoms with Gasteiger partial charge in [-0.1, -0.05) is 26.7 Å². The van der Waals surface area contributed by atoms with Crippen molar-refractivity contribution in [3.05, 3.63) is 0 Å². The predicted octanol–water partition coefficient (Wildman–Crippen LogP) is 3.29. The first-order valence-electron chi connectivity index (χ1n) is 5.91. The highest BCUT2D eigenvalue weighted by atomic mass is 35.5. The van der Waals surface area contributed by atoms with E-state index in [-0.39, 0.29) is 5.91 Å². The Morgan fingerprint density at radius 2 is 2.00 bits per heavy atom. The first-order valence-corrected chi connectivity index (χ1v) is 6.45. The minimum atomic E-state index is 0.273. The van der Waals surface area contributed by atoms with Crippen LogP contribution < -0.4 is 0 Å². The number of halogens is 1. The molecule has 1 unspecified atom stereocenters. The Hall–Kier alpha value is -0.240. The molecule has 0 radical (unpaired) electrons. The molecule has 90 valence electrons. The largest absolute Gasteiger partial charge is 0.346 e. The second-order valence-electron chi connectivity index (χ2n) is 4.28. The first-order chi connectivity index (χ1) is 7.11.